The average molecular weight is 438 g/mol. The molecule has 0 saturated carbocycles. The summed E-state index contributed by atoms with van der Waals surface area (Å²) in [7, 11) is 1.56. The molecular formula is C24H26N2O6. The zero-order valence-corrected chi connectivity index (χ0v) is 18.3. The van der Waals surface area contributed by atoms with Gasteiger partial charge in [0.15, 0.2) is 0 Å². The molecule has 0 atom stereocenters. The summed E-state index contributed by atoms with van der Waals surface area (Å²) >= 11 is 0. The van der Waals surface area contributed by atoms with E-state index in [2.05, 4.69) is 9.88 Å². The van der Waals surface area contributed by atoms with Gasteiger partial charge in [0.05, 0.1) is 12.2 Å². The van der Waals surface area contributed by atoms with Crippen molar-refractivity contribution in [1.82, 2.24) is 9.88 Å². The summed E-state index contributed by atoms with van der Waals surface area (Å²) < 4.78 is 21.8. The Morgan fingerprint density at radius 3 is 2.81 bits per heavy atom. The van der Waals surface area contributed by atoms with E-state index in [9.17, 15) is 9.59 Å². The van der Waals surface area contributed by atoms with Gasteiger partial charge in [-0.05, 0) is 48.2 Å². The molecule has 8 heteroatoms. The molecule has 0 radical (unpaired) electrons. The van der Waals surface area contributed by atoms with Crippen LogP contribution in [0.15, 0.2) is 45.9 Å². The Morgan fingerprint density at radius 1 is 1.22 bits per heavy atom. The summed E-state index contributed by atoms with van der Waals surface area (Å²) in [6.45, 7) is 4.11. The maximum Gasteiger partial charge on any atom is 0.336 e. The number of rotatable bonds is 8. The highest BCUT2D eigenvalue weighted by Gasteiger charge is 2.25. The molecule has 3 heterocycles. The molecule has 0 unspecified atom stereocenters. The van der Waals surface area contributed by atoms with Crippen molar-refractivity contribution < 1.29 is 23.4 Å². The first-order valence-corrected chi connectivity index (χ1v) is 10.5. The van der Waals surface area contributed by atoms with Crippen LogP contribution in [0.2, 0.25) is 0 Å². The first kappa shape index (κ1) is 22.0. The van der Waals surface area contributed by atoms with Crippen molar-refractivity contribution in [2.45, 2.75) is 32.9 Å². The minimum atomic E-state index is -0.391. The molecule has 32 heavy (non-hydrogen) atoms. The standard InChI is InChI=1S/C24H26N2O6/c1-16-11-22(28)32-24-19(16)12-18(3-4-21(27)30-10-9-29-2)23-20(24)14-26(15-31-23)13-17-5-7-25-8-6-17/h5-8,11-12H,3-4,9-10,13-15H2,1-2H3. The Morgan fingerprint density at radius 2 is 2.03 bits per heavy atom. The summed E-state index contributed by atoms with van der Waals surface area (Å²) in [4.78, 5) is 30.4. The van der Waals surface area contributed by atoms with E-state index in [4.69, 9.17) is 18.6 Å². The van der Waals surface area contributed by atoms with Crippen molar-refractivity contribution in [3.63, 3.8) is 0 Å². The van der Waals surface area contributed by atoms with Gasteiger partial charge in [-0.2, -0.15) is 0 Å². The molecule has 2 aromatic heterocycles. The summed E-state index contributed by atoms with van der Waals surface area (Å²) in [6, 6.07) is 7.36. The highest BCUT2D eigenvalue weighted by Crippen LogP contribution is 2.37. The van der Waals surface area contributed by atoms with Gasteiger partial charge in [0.1, 0.15) is 24.7 Å². The lowest BCUT2D eigenvalue weighted by atomic mass is 9.97. The monoisotopic (exact) mass is 438 g/mol. The topological polar surface area (TPSA) is 91.1 Å². The van der Waals surface area contributed by atoms with Crippen molar-refractivity contribution >= 4 is 16.9 Å². The first-order valence-electron chi connectivity index (χ1n) is 10.5. The van der Waals surface area contributed by atoms with Gasteiger partial charge in [0.25, 0.3) is 0 Å². The number of pyridine rings is 1. The van der Waals surface area contributed by atoms with Gasteiger partial charge in [-0.25, -0.2) is 4.79 Å². The number of carbonyl (C=O) groups excluding carboxylic acids is 1. The van der Waals surface area contributed by atoms with Gasteiger partial charge in [0.2, 0.25) is 0 Å². The van der Waals surface area contributed by atoms with Crippen LogP contribution in [0.25, 0.3) is 11.0 Å². The van der Waals surface area contributed by atoms with Gasteiger partial charge >= 0.3 is 11.6 Å². The quantitative estimate of drug-likeness (QED) is 0.301. The predicted octanol–water partition coefficient (Wildman–Crippen LogP) is 2.97. The second-order valence-electron chi connectivity index (χ2n) is 7.80. The van der Waals surface area contributed by atoms with Crippen LogP contribution in [0.5, 0.6) is 5.75 Å². The number of hydrogen-bond donors (Lipinski definition) is 0. The number of hydrogen-bond acceptors (Lipinski definition) is 8. The Balaban J connectivity index is 1.63. The minimum absolute atomic E-state index is 0.224. The fourth-order valence-corrected chi connectivity index (χ4v) is 3.89. The van der Waals surface area contributed by atoms with Crippen LogP contribution >= 0.6 is 0 Å². The Hall–Kier alpha value is -3.23. The molecule has 4 rings (SSSR count). The van der Waals surface area contributed by atoms with Crippen molar-refractivity contribution in [2.24, 2.45) is 0 Å². The molecule has 0 spiro atoms. The molecule has 168 valence electrons. The summed E-state index contributed by atoms with van der Waals surface area (Å²) in [5.74, 6) is 0.393. The molecule has 1 aliphatic heterocycles. The van der Waals surface area contributed by atoms with Gasteiger partial charge in [0, 0.05) is 50.5 Å². The number of ether oxygens (including phenoxy) is 3. The van der Waals surface area contributed by atoms with Crippen LogP contribution in [-0.2, 0) is 33.8 Å². The lowest BCUT2D eigenvalue weighted by molar-refractivity contribution is -0.144. The zero-order chi connectivity index (χ0) is 22.5. The van der Waals surface area contributed by atoms with Gasteiger partial charge < -0.3 is 18.6 Å². The number of fused-ring (bicyclic) bond motifs is 3. The van der Waals surface area contributed by atoms with E-state index in [0.717, 1.165) is 27.6 Å². The molecule has 3 aromatic rings. The number of methoxy groups -OCH3 is 1. The molecule has 0 saturated heterocycles. The fraction of sp³-hybridized carbons (Fsp3) is 0.375. The number of benzene rings is 1. The third kappa shape index (κ3) is 4.98. The summed E-state index contributed by atoms with van der Waals surface area (Å²) in [5.41, 5.74) is 3.81. The molecule has 1 aliphatic rings. The van der Waals surface area contributed by atoms with E-state index < -0.39 is 5.63 Å². The van der Waals surface area contributed by atoms with Crippen LogP contribution < -0.4 is 10.4 Å². The first-order chi connectivity index (χ1) is 15.5. The summed E-state index contributed by atoms with van der Waals surface area (Å²) in [6.07, 6.45) is 4.21. The van der Waals surface area contributed by atoms with Crippen molar-refractivity contribution in [3.8, 4) is 5.75 Å². The van der Waals surface area contributed by atoms with Crippen molar-refractivity contribution in [3.05, 3.63) is 69.3 Å². The van der Waals surface area contributed by atoms with E-state index >= 15 is 0 Å². The molecule has 0 bridgehead atoms. The molecule has 1 aromatic carbocycles. The van der Waals surface area contributed by atoms with Crippen LogP contribution in [0, 0.1) is 6.92 Å². The number of nitrogens with zero attached hydrogens (tertiary/aromatic N) is 2. The third-order valence-corrected chi connectivity index (χ3v) is 5.44. The van der Waals surface area contributed by atoms with Gasteiger partial charge in [-0.15, -0.1) is 0 Å². The number of aromatic nitrogens is 1. The van der Waals surface area contributed by atoms with E-state index in [0.29, 0.717) is 44.2 Å². The van der Waals surface area contributed by atoms with Crippen LogP contribution in [0.4, 0.5) is 0 Å². The van der Waals surface area contributed by atoms with Crippen LogP contribution in [0.1, 0.15) is 28.7 Å². The van der Waals surface area contributed by atoms with Crippen molar-refractivity contribution in [2.75, 3.05) is 27.1 Å². The highest BCUT2D eigenvalue weighted by atomic mass is 16.6. The lowest BCUT2D eigenvalue weighted by Crippen LogP contribution is -2.32. The Bertz CT molecular complexity index is 1160. The number of esters is 1. The lowest BCUT2D eigenvalue weighted by Gasteiger charge is -2.31. The van der Waals surface area contributed by atoms with E-state index in [1.807, 2.05) is 25.1 Å². The average Bonchev–Trinajstić information content (AvgIpc) is 2.78. The van der Waals surface area contributed by atoms with E-state index in [1.165, 1.54) is 6.07 Å². The van der Waals surface area contributed by atoms with Crippen LogP contribution in [-0.4, -0.2) is 42.9 Å². The Kier molecular flexibility index (Phi) is 6.82. The van der Waals surface area contributed by atoms with Gasteiger partial charge in [-0.1, -0.05) is 0 Å². The maximum atomic E-state index is 12.1. The van der Waals surface area contributed by atoms with Crippen LogP contribution in [0.3, 0.4) is 0 Å². The summed E-state index contributed by atoms with van der Waals surface area (Å²) in [5, 5.41) is 0.848. The van der Waals surface area contributed by atoms with Gasteiger partial charge in [-0.3, -0.25) is 14.7 Å². The molecule has 0 N–H and O–H groups in total. The second kappa shape index (κ2) is 9.93. The van der Waals surface area contributed by atoms with E-state index in [-0.39, 0.29) is 19.0 Å². The molecular weight excluding hydrogens is 412 g/mol. The number of carbonyl (C=O) groups is 1. The predicted molar refractivity (Wildman–Crippen MR) is 117 cm³/mol. The smallest absolute Gasteiger partial charge is 0.336 e. The normalized spacial score (nSPS) is 13.6. The molecule has 0 amide bonds. The molecule has 0 fully saturated rings. The molecule has 0 aliphatic carbocycles. The maximum absolute atomic E-state index is 12.1. The SMILES string of the molecule is COCCOC(=O)CCc1cc2c(C)cc(=O)oc2c2c1OCN(Cc1ccncc1)C2. The fourth-order valence-electron chi connectivity index (χ4n) is 3.89. The highest BCUT2D eigenvalue weighted by molar-refractivity contribution is 5.86. The Labute approximate surface area is 185 Å². The number of aryl methyl sites for hydroxylation is 2. The van der Waals surface area contributed by atoms with Crippen molar-refractivity contribution in [1.29, 1.82) is 0 Å². The van der Waals surface area contributed by atoms with E-state index in [1.54, 1.807) is 19.5 Å². The third-order valence-electron chi connectivity index (χ3n) is 5.44. The largest absolute Gasteiger partial charge is 0.477 e. The second-order valence-corrected chi connectivity index (χ2v) is 7.80. The molecule has 8 nitrogen and oxygen atoms in total. The zero-order valence-electron chi connectivity index (χ0n) is 18.3. The minimum Gasteiger partial charge on any atom is -0.477 e.